The van der Waals surface area contributed by atoms with Crippen molar-refractivity contribution in [2.24, 2.45) is 0 Å². The lowest BCUT2D eigenvalue weighted by Crippen LogP contribution is -2.50. The van der Waals surface area contributed by atoms with Crippen molar-refractivity contribution < 1.29 is 38.2 Å². The van der Waals surface area contributed by atoms with E-state index in [1.165, 1.54) is 44.9 Å². The predicted molar refractivity (Wildman–Crippen MR) is 256 cm³/mol. The molecule has 0 aliphatic heterocycles. The summed E-state index contributed by atoms with van der Waals surface area (Å²) in [6.07, 6.45) is 57.5. The Bertz CT molecular complexity index is 1310. The number of unbranched alkanes of at least 4 members (excludes halogenated alkanes) is 11. The highest BCUT2D eigenvalue weighted by Gasteiger charge is 2.31. The van der Waals surface area contributed by atoms with Crippen LogP contribution >= 0.6 is 0 Å². The fraction of sp³-hybridized carbons (Fsp3) is 0.642. The quantitative estimate of drug-likeness (QED) is 0.0283. The normalized spacial score (nSPS) is 13.8. The molecule has 0 radical (unpaired) electrons. The van der Waals surface area contributed by atoms with Crippen LogP contribution in [0.15, 0.2) is 97.2 Å². The van der Waals surface area contributed by atoms with Crippen molar-refractivity contribution in [1.29, 1.82) is 0 Å². The molecular formula is C53H88NO7+. The lowest BCUT2D eigenvalue weighted by molar-refractivity contribution is -0.887. The number of nitrogens with zero attached hydrogens (tertiary/aromatic N) is 1. The average Bonchev–Trinajstić information content (AvgIpc) is 3.22. The van der Waals surface area contributed by atoms with Crippen molar-refractivity contribution in [3.63, 3.8) is 0 Å². The van der Waals surface area contributed by atoms with Crippen LogP contribution in [0, 0.1) is 0 Å². The Kier molecular flexibility index (Phi) is 40.3. The average molecular weight is 851 g/mol. The van der Waals surface area contributed by atoms with Crippen LogP contribution in [0.1, 0.15) is 168 Å². The SMILES string of the molecule is CC/C=C/C/C=C/C/C=C/C/C=C/C/C=C/CCCCCCC(=O)OCC(COCCC(C(=O)O)[N+](C)(C)C)OC(=O)CCC/C=C/C/C=C/C/C=C/CCCCCCCC. The van der Waals surface area contributed by atoms with Gasteiger partial charge in [0.1, 0.15) is 6.61 Å². The minimum Gasteiger partial charge on any atom is -0.477 e. The highest BCUT2D eigenvalue weighted by Crippen LogP contribution is 2.12. The molecule has 0 amide bonds. The van der Waals surface area contributed by atoms with Crippen LogP contribution < -0.4 is 0 Å². The molecule has 0 aliphatic carbocycles. The third-order valence-corrected chi connectivity index (χ3v) is 9.97. The van der Waals surface area contributed by atoms with Gasteiger partial charge >= 0.3 is 17.9 Å². The highest BCUT2D eigenvalue weighted by atomic mass is 16.6. The summed E-state index contributed by atoms with van der Waals surface area (Å²) in [5, 5.41) is 9.63. The second kappa shape index (κ2) is 42.9. The summed E-state index contributed by atoms with van der Waals surface area (Å²) in [6.45, 7) is 4.52. The van der Waals surface area contributed by atoms with Crippen LogP contribution in [-0.4, -0.2) is 80.6 Å². The first-order valence-electron chi connectivity index (χ1n) is 23.8. The molecule has 0 spiro atoms. The number of likely N-dealkylation sites (N-methyl/N-ethyl adjacent to an activating group) is 1. The molecule has 8 nitrogen and oxygen atoms in total. The van der Waals surface area contributed by atoms with E-state index in [0.717, 1.165) is 83.5 Å². The van der Waals surface area contributed by atoms with E-state index in [0.29, 0.717) is 19.3 Å². The van der Waals surface area contributed by atoms with Gasteiger partial charge in [-0.25, -0.2) is 4.79 Å². The molecule has 0 heterocycles. The summed E-state index contributed by atoms with van der Waals surface area (Å²) < 4.78 is 17.2. The van der Waals surface area contributed by atoms with Crippen molar-refractivity contribution in [1.82, 2.24) is 0 Å². The van der Waals surface area contributed by atoms with Crippen LogP contribution in [-0.2, 0) is 28.6 Å². The number of quaternary nitrogens is 1. The molecule has 346 valence electrons. The maximum atomic E-state index is 12.7. The van der Waals surface area contributed by atoms with Crippen molar-refractivity contribution in [2.75, 3.05) is 41.0 Å². The topological polar surface area (TPSA) is 99.1 Å². The molecule has 0 aromatic carbocycles. The van der Waals surface area contributed by atoms with Gasteiger partial charge in [0.15, 0.2) is 12.1 Å². The van der Waals surface area contributed by atoms with E-state index in [-0.39, 0.29) is 42.7 Å². The van der Waals surface area contributed by atoms with E-state index in [9.17, 15) is 19.5 Å². The van der Waals surface area contributed by atoms with Gasteiger partial charge in [-0.2, -0.15) is 0 Å². The van der Waals surface area contributed by atoms with Gasteiger partial charge < -0.3 is 23.8 Å². The van der Waals surface area contributed by atoms with Crippen molar-refractivity contribution in [3.8, 4) is 0 Å². The fourth-order valence-corrected chi connectivity index (χ4v) is 6.31. The lowest BCUT2D eigenvalue weighted by Gasteiger charge is -2.31. The lowest BCUT2D eigenvalue weighted by atomic mass is 10.1. The summed E-state index contributed by atoms with van der Waals surface area (Å²) >= 11 is 0. The first-order chi connectivity index (χ1) is 29.6. The summed E-state index contributed by atoms with van der Waals surface area (Å²) in [4.78, 5) is 37.0. The Morgan fingerprint density at radius 1 is 0.508 bits per heavy atom. The summed E-state index contributed by atoms with van der Waals surface area (Å²) in [7, 11) is 5.49. The molecule has 0 fully saturated rings. The van der Waals surface area contributed by atoms with Crippen LogP contribution in [0.5, 0.6) is 0 Å². The van der Waals surface area contributed by atoms with E-state index in [4.69, 9.17) is 14.2 Å². The smallest absolute Gasteiger partial charge is 0.362 e. The fourth-order valence-electron chi connectivity index (χ4n) is 6.31. The highest BCUT2D eigenvalue weighted by molar-refractivity contribution is 5.72. The molecule has 2 unspecified atom stereocenters. The molecule has 0 aliphatic rings. The van der Waals surface area contributed by atoms with Gasteiger partial charge in [-0.3, -0.25) is 9.59 Å². The Balaban J connectivity index is 4.45. The molecular weight excluding hydrogens is 763 g/mol. The van der Waals surface area contributed by atoms with Gasteiger partial charge in [0.05, 0.1) is 34.4 Å². The number of carbonyl (C=O) groups excluding carboxylic acids is 2. The van der Waals surface area contributed by atoms with Gasteiger partial charge in [-0.15, -0.1) is 0 Å². The summed E-state index contributed by atoms with van der Waals surface area (Å²) in [5.74, 6) is -1.58. The Hall–Kier alpha value is -3.75. The van der Waals surface area contributed by atoms with E-state index in [1.807, 2.05) is 21.1 Å². The number of hydrogen-bond acceptors (Lipinski definition) is 6. The number of aliphatic carboxylic acids is 1. The van der Waals surface area contributed by atoms with E-state index in [1.54, 1.807) is 0 Å². The van der Waals surface area contributed by atoms with E-state index < -0.39 is 18.1 Å². The van der Waals surface area contributed by atoms with Crippen LogP contribution in [0.4, 0.5) is 0 Å². The monoisotopic (exact) mass is 851 g/mol. The molecule has 61 heavy (non-hydrogen) atoms. The molecule has 0 saturated heterocycles. The molecule has 0 rings (SSSR count). The molecule has 2 atom stereocenters. The van der Waals surface area contributed by atoms with Gasteiger partial charge in [0, 0.05) is 19.3 Å². The molecule has 0 saturated carbocycles. The number of hydrogen-bond donors (Lipinski definition) is 1. The van der Waals surface area contributed by atoms with Gasteiger partial charge in [-0.05, 0) is 89.9 Å². The third-order valence-electron chi connectivity index (χ3n) is 9.97. The predicted octanol–water partition coefficient (Wildman–Crippen LogP) is 13.5. The number of carboxylic acids is 1. The second-order valence-electron chi connectivity index (χ2n) is 16.6. The maximum absolute atomic E-state index is 12.7. The zero-order chi connectivity index (χ0) is 44.9. The van der Waals surface area contributed by atoms with Crippen molar-refractivity contribution in [2.45, 2.75) is 180 Å². The molecule has 0 aromatic heterocycles. The van der Waals surface area contributed by atoms with Gasteiger partial charge in [-0.1, -0.05) is 156 Å². The maximum Gasteiger partial charge on any atom is 0.362 e. The number of ether oxygens (including phenoxy) is 3. The summed E-state index contributed by atoms with van der Waals surface area (Å²) in [6, 6.07) is -0.633. The first kappa shape index (κ1) is 57.2. The zero-order valence-electron chi connectivity index (χ0n) is 39.3. The Morgan fingerprint density at radius 3 is 1.41 bits per heavy atom. The Morgan fingerprint density at radius 2 is 0.934 bits per heavy atom. The standard InChI is InChI=1S/C53H87NO7/c1-6-8-10-12-14-16-18-20-22-24-25-26-28-29-31-33-35-37-39-41-43-51(55)60-48-49(47-59-46-45-50(53(57)58)54(3,4)5)61-52(56)44-42-40-38-36-34-32-30-27-23-21-19-17-15-13-11-9-7-2/h8,10,14,16,20-23,25-26,29-32,36,38,49-50H,6-7,9,11-13,15,17-19,24,27-28,33-35,37,39-48H2,1-5H3/p+1/b10-8+,16-14+,22-20+,23-21+,26-25+,31-29+,32-30+,38-36+. The minimum absolute atomic E-state index is 0.0266. The third kappa shape index (κ3) is 41.4. The van der Waals surface area contributed by atoms with Crippen LogP contribution in [0.2, 0.25) is 0 Å². The van der Waals surface area contributed by atoms with Crippen molar-refractivity contribution in [3.05, 3.63) is 97.2 Å². The number of allylic oxidation sites excluding steroid dienone is 16. The number of esters is 2. The first-order valence-corrected chi connectivity index (χ1v) is 23.8. The number of carboxylic acid groups (broad SMARTS) is 1. The van der Waals surface area contributed by atoms with Gasteiger partial charge in [0.2, 0.25) is 0 Å². The molecule has 8 heteroatoms. The Labute approximate surface area is 373 Å². The molecule has 1 N–H and O–H groups in total. The largest absolute Gasteiger partial charge is 0.477 e. The van der Waals surface area contributed by atoms with E-state index >= 15 is 0 Å². The number of rotatable bonds is 41. The van der Waals surface area contributed by atoms with Gasteiger partial charge in [0.25, 0.3) is 0 Å². The molecule has 0 aromatic rings. The van der Waals surface area contributed by atoms with Crippen LogP contribution in [0.3, 0.4) is 0 Å². The van der Waals surface area contributed by atoms with Crippen molar-refractivity contribution >= 4 is 17.9 Å². The number of carbonyl (C=O) groups is 3. The van der Waals surface area contributed by atoms with Crippen LogP contribution in [0.25, 0.3) is 0 Å². The minimum atomic E-state index is -0.890. The molecule has 0 bridgehead atoms. The summed E-state index contributed by atoms with van der Waals surface area (Å²) in [5.41, 5.74) is 0. The zero-order valence-corrected chi connectivity index (χ0v) is 39.3. The second-order valence-corrected chi connectivity index (χ2v) is 16.6. The van der Waals surface area contributed by atoms with E-state index in [2.05, 4.69) is 111 Å².